The van der Waals surface area contributed by atoms with E-state index < -0.39 is 0 Å². The standard InChI is InChI=1S/C22H25N5O3/c1-14-10-18(15(2)9-17(14)11-23)19-13-26-27(22(19)29)20-6-5-16(12-25-20)21(28)24-7-4-8-30-3/h5-6,9,12-13,18,29H,4,7-8,10H2,1-3H3,(H,24,28). The zero-order chi connectivity index (χ0) is 21.7. The molecule has 2 aromatic rings. The van der Waals surface area contributed by atoms with Gasteiger partial charge in [0.2, 0.25) is 5.88 Å². The molecule has 156 valence electrons. The molecule has 1 unspecified atom stereocenters. The number of allylic oxidation sites excluding steroid dienone is 4. The summed E-state index contributed by atoms with van der Waals surface area (Å²) >= 11 is 0. The predicted molar refractivity (Wildman–Crippen MR) is 111 cm³/mol. The Hall–Kier alpha value is -3.44. The van der Waals surface area contributed by atoms with Crippen LogP contribution >= 0.6 is 0 Å². The van der Waals surface area contributed by atoms with Crippen LogP contribution in [0.5, 0.6) is 5.88 Å². The number of carbonyl (C=O) groups is 1. The van der Waals surface area contributed by atoms with Crippen LogP contribution in [0.25, 0.3) is 5.82 Å². The molecule has 0 aliphatic heterocycles. The summed E-state index contributed by atoms with van der Waals surface area (Å²) in [6.45, 7) is 4.98. The predicted octanol–water partition coefficient (Wildman–Crippen LogP) is 3.01. The van der Waals surface area contributed by atoms with Crippen molar-refractivity contribution in [1.82, 2.24) is 20.1 Å². The lowest BCUT2D eigenvalue weighted by Crippen LogP contribution is -2.25. The number of pyridine rings is 1. The number of rotatable bonds is 7. The Labute approximate surface area is 175 Å². The number of aromatic hydroxyl groups is 1. The normalized spacial score (nSPS) is 16.2. The number of nitriles is 1. The summed E-state index contributed by atoms with van der Waals surface area (Å²) in [7, 11) is 1.62. The van der Waals surface area contributed by atoms with Crippen molar-refractivity contribution in [3.8, 4) is 17.8 Å². The average molecular weight is 407 g/mol. The molecular formula is C22H25N5O3. The van der Waals surface area contributed by atoms with Gasteiger partial charge in [0.15, 0.2) is 5.82 Å². The molecule has 0 bridgehead atoms. The number of ether oxygens (including phenoxy) is 1. The Balaban J connectivity index is 1.75. The van der Waals surface area contributed by atoms with Gasteiger partial charge < -0.3 is 15.2 Å². The van der Waals surface area contributed by atoms with Crippen LogP contribution in [0.1, 0.15) is 48.5 Å². The van der Waals surface area contributed by atoms with Crippen LogP contribution in [0.4, 0.5) is 0 Å². The number of methoxy groups -OCH3 is 1. The number of nitrogens with one attached hydrogen (secondary N) is 1. The van der Waals surface area contributed by atoms with Gasteiger partial charge in [-0.1, -0.05) is 11.1 Å². The number of aromatic nitrogens is 3. The number of hydrogen-bond acceptors (Lipinski definition) is 6. The summed E-state index contributed by atoms with van der Waals surface area (Å²) in [6, 6.07) is 5.49. The van der Waals surface area contributed by atoms with E-state index in [-0.39, 0.29) is 17.7 Å². The first-order valence-electron chi connectivity index (χ1n) is 9.74. The van der Waals surface area contributed by atoms with Gasteiger partial charge in [-0.3, -0.25) is 4.79 Å². The molecule has 1 aliphatic rings. The molecule has 1 atom stereocenters. The van der Waals surface area contributed by atoms with Crippen LogP contribution in [-0.2, 0) is 4.74 Å². The monoisotopic (exact) mass is 407 g/mol. The largest absolute Gasteiger partial charge is 0.493 e. The maximum Gasteiger partial charge on any atom is 0.252 e. The highest BCUT2D eigenvalue weighted by Gasteiger charge is 2.26. The zero-order valence-corrected chi connectivity index (χ0v) is 17.3. The fourth-order valence-corrected chi connectivity index (χ4v) is 3.45. The van der Waals surface area contributed by atoms with E-state index in [1.165, 1.54) is 10.9 Å². The fraction of sp³-hybridized carbons (Fsp3) is 0.364. The van der Waals surface area contributed by atoms with E-state index in [1.807, 2.05) is 19.9 Å². The van der Waals surface area contributed by atoms with E-state index in [4.69, 9.17) is 4.74 Å². The number of carbonyl (C=O) groups excluding carboxylic acids is 1. The quantitative estimate of drug-likeness (QED) is 0.682. The van der Waals surface area contributed by atoms with Crippen molar-refractivity contribution in [1.29, 1.82) is 5.26 Å². The van der Waals surface area contributed by atoms with Gasteiger partial charge >= 0.3 is 0 Å². The Kier molecular flexibility index (Phi) is 6.65. The summed E-state index contributed by atoms with van der Waals surface area (Å²) in [5.74, 6) is 0.157. The molecule has 30 heavy (non-hydrogen) atoms. The number of nitrogens with zero attached hydrogens (tertiary/aromatic N) is 4. The molecule has 1 aliphatic carbocycles. The lowest BCUT2D eigenvalue weighted by Gasteiger charge is -2.22. The van der Waals surface area contributed by atoms with Crippen molar-refractivity contribution in [2.24, 2.45) is 0 Å². The Morgan fingerprint density at radius 2 is 2.20 bits per heavy atom. The van der Waals surface area contributed by atoms with E-state index in [2.05, 4.69) is 21.5 Å². The van der Waals surface area contributed by atoms with E-state index >= 15 is 0 Å². The van der Waals surface area contributed by atoms with E-state index in [0.29, 0.717) is 42.1 Å². The van der Waals surface area contributed by atoms with Crippen molar-refractivity contribution in [2.45, 2.75) is 32.6 Å². The molecule has 2 N–H and O–H groups in total. The second-order valence-electron chi connectivity index (χ2n) is 7.29. The van der Waals surface area contributed by atoms with Crippen LogP contribution in [-0.4, -0.2) is 46.0 Å². The average Bonchev–Trinajstić information content (AvgIpc) is 3.13. The van der Waals surface area contributed by atoms with Gasteiger partial charge in [-0.25, -0.2) is 4.98 Å². The molecule has 0 radical (unpaired) electrons. The second kappa shape index (κ2) is 9.37. The van der Waals surface area contributed by atoms with Gasteiger partial charge in [-0.2, -0.15) is 15.0 Å². The SMILES string of the molecule is COCCCNC(=O)c1ccc(-n2ncc(C3CC(C)=C(C#N)C=C3C)c2O)nc1. The third-order valence-electron chi connectivity index (χ3n) is 5.20. The molecule has 8 heteroatoms. The molecular weight excluding hydrogens is 382 g/mol. The summed E-state index contributed by atoms with van der Waals surface area (Å²) < 4.78 is 6.31. The molecule has 8 nitrogen and oxygen atoms in total. The highest BCUT2D eigenvalue weighted by atomic mass is 16.5. The minimum absolute atomic E-state index is 0.00484. The van der Waals surface area contributed by atoms with Crippen LogP contribution in [0.3, 0.4) is 0 Å². The van der Waals surface area contributed by atoms with Crippen LogP contribution in [0.15, 0.2) is 47.3 Å². The van der Waals surface area contributed by atoms with Crippen molar-refractivity contribution in [3.05, 3.63) is 58.4 Å². The lowest BCUT2D eigenvalue weighted by atomic mass is 9.82. The van der Waals surface area contributed by atoms with Crippen molar-refractivity contribution in [3.63, 3.8) is 0 Å². The summed E-state index contributed by atoms with van der Waals surface area (Å²) in [5.41, 5.74) is 3.77. The minimum Gasteiger partial charge on any atom is -0.493 e. The molecule has 0 fully saturated rings. The molecule has 0 spiro atoms. The Morgan fingerprint density at radius 3 is 2.87 bits per heavy atom. The molecule has 1 amide bonds. The second-order valence-corrected chi connectivity index (χ2v) is 7.29. The van der Waals surface area contributed by atoms with E-state index in [1.54, 1.807) is 25.4 Å². The third-order valence-corrected chi connectivity index (χ3v) is 5.20. The van der Waals surface area contributed by atoms with E-state index in [9.17, 15) is 15.2 Å². The minimum atomic E-state index is -0.214. The van der Waals surface area contributed by atoms with Gasteiger partial charge in [0.1, 0.15) is 0 Å². The Morgan fingerprint density at radius 1 is 1.40 bits per heavy atom. The zero-order valence-electron chi connectivity index (χ0n) is 17.3. The molecule has 2 heterocycles. The molecule has 0 saturated carbocycles. The molecule has 0 aromatic carbocycles. The van der Waals surface area contributed by atoms with Crippen molar-refractivity contribution in [2.75, 3.05) is 20.3 Å². The van der Waals surface area contributed by atoms with Crippen molar-refractivity contribution >= 4 is 5.91 Å². The first-order valence-corrected chi connectivity index (χ1v) is 9.74. The van der Waals surface area contributed by atoms with Crippen LogP contribution in [0.2, 0.25) is 0 Å². The van der Waals surface area contributed by atoms with Crippen LogP contribution < -0.4 is 5.32 Å². The summed E-state index contributed by atoms with van der Waals surface area (Å²) in [6.07, 6.45) is 6.33. The summed E-state index contributed by atoms with van der Waals surface area (Å²) in [5, 5.41) is 27.1. The smallest absolute Gasteiger partial charge is 0.252 e. The van der Waals surface area contributed by atoms with Gasteiger partial charge in [0, 0.05) is 37.9 Å². The lowest BCUT2D eigenvalue weighted by molar-refractivity contribution is 0.0948. The third kappa shape index (κ3) is 4.42. The maximum absolute atomic E-state index is 12.2. The van der Waals surface area contributed by atoms with Gasteiger partial charge in [0.25, 0.3) is 5.91 Å². The highest BCUT2D eigenvalue weighted by Crippen LogP contribution is 2.40. The highest BCUT2D eigenvalue weighted by molar-refractivity contribution is 5.93. The van der Waals surface area contributed by atoms with Crippen LogP contribution in [0, 0.1) is 11.3 Å². The molecule has 0 saturated heterocycles. The van der Waals surface area contributed by atoms with Crippen molar-refractivity contribution < 1.29 is 14.6 Å². The summed E-state index contributed by atoms with van der Waals surface area (Å²) in [4.78, 5) is 16.4. The Bertz CT molecular complexity index is 1030. The van der Waals surface area contributed by atoms with Gasteiger partial charge in [0.05, 0.1) is 23.4 Å². The molecule has 2 aromatic heterocycles. The molecule has 3 rings (SSSR count). The first-order chi connectivity index (χ1) is 14.5. The maximum atomic E-state index is 12.2. The number of amides is 1. The van der Waals surface area contributed by atoms with Gasteiger partial charge in [-0.15, -0.1) is 0 Å². The van der Waals surface area contributed by atoms with E-state index in [0.717, 1.165) is 17.6 Å². The first kappa shape index (κ1) is 21.3. The van der Waals surface area contributed by atoms with Gasteiger partial charge in [-0.05, 0) is 44.9 Å². The topological polar surface area (TPSA) is 113 Å². The fourth-order valence-electron chi connectivity index (χ4n) is 3.45. The number of hydrogen-bond donors (Lipinski definition) is 2.